The Morgan fingerprint density at radius 1 is 1.00 bits per heavy atom. The van der Waals surface area contributed by atoms with Crippen molar-refractivity contribution in [3.05, 3.63) is 65.7 Å². The van der Waals surface area contributed by atoms with Gasteiger partial charge in [0, 0.05) is 6.54 Å². The van der Waals surface area contributed by atoms with Gasteiger partial charge in [0.25, 0.3) is 0 Å². The summed E-state index contributed by atoms with van der Waals surface area (Å²) in [5.74, 6) is -0.0989. The molecular weight excluding hydrogens is 372 g/mol. The van der Waals surface area contributed by atoms with Crippen molar-refractivity contribution in [2.45, 2.75) is 51.0 Å². The van der Waals surface area contributed by atoms with Crippen molar-refractivity contribution < 1.29 is 13.2 Å². The zero-order chi connectivity index (χ0) is 20.6. The summed E-state index contributed by atoms with van der Waals surface area (Å²) in [5.41, 5.74) is 2.20. The number of benzene rings is 2. The van der Waals surface area contributed by atoms with Crippen molar-refractivity contribution in [1.29, 1.82) is 0 Å². The van der Waals surface area contributed by atoms with E-state index in [0.29, 0.717) is 13.0 Å². The highest BCUT2D eigenvalue weighted by Crippen LogP contribution is 2.13. The second kappa shape index (κ2) is 10.4. The first-order valence-electron chi connectivity index (χ1n) is 9.68. The fourth-order valence-corrected chi connectivity index (χ4v) is 4.13. The fourth-order valence-electron chi connectivity index (χ4n) is 2.92. The van der Waals surface area contributed by atoms with Gasteiger partial charge in [-0.25, -0.2) is 8.42 Å². The van der Waals surface area contributed by atoms with Crippen molar-refractivity contribution in [2.24, 2.45) is 5.92 Å². The molecule has 5 nitrogen and oxygen atoms in total. The Labute approximate surface area is 168 Å². The van der Waals surface area contributed by atoms with Gasteiger partial charge in [0.05, 0.1) is 4.90 Å². The van der Waals surface area contributed by atoms with Gasteiger partial charge in [-0.2, -0.15) is 4.72 Å². The van der Waals surface area contributed by atoms with Gasteiger partial charge in [-0.15, -0.1) is 0 Å². The largest absolute Gasteiger partial charge is 0.355 e. The van der Waals surface area contributed by atoms with E-state index in [1.54, 1.807) is 24.3 Å². The van der Waals surface area contributed by atoms with E-state index in [-0.39, 0.29) is 16.7 Å². The van der Waals surface area contributed by atoms with Gasteiger partial charge in [0.1, 0.15) is 6.04 Å². The van der Waals surface area contributed by atoms with Crippen LogP contribution in [0.2, 0.25) is 0 Å². The maximum atomic E-state index is 12.7. The number of rotatable bonds is 10. The highest BCUT2D eigenvalue weighted by molar-refractivity contribution is 7.89. The molecule has 0 radical (unpaired) electrons. The molecule has 2 N–H and O–H groups in total. The summed E-state index contributed by atoms with van der Waals surface area (Å²) in [4.78, 5) is 12.8. The Kier molecular flexibility index (Phi) is 8.20. The highest BCUT2D eigenvalue weighted by Gasteiger charge is 2.26. The summed E-state index contributed by atoms with van der Waals surface area (Å²) in [6, 6.07) is 15.9. The van der Waals surface area contributed by atoms with Gasteiger partial charge in [-0.05, 0) is 49.8 Å². The van der Waals surface area contributed by atoms with Gasteiger partial charge in [0.2, 0.25) is 15.9 Å². The molecule has 0 bridgehead atoms. The summed E-state index contributed by atoms with van der Waals surface area (Å²) in [5, 5.41) is 2.88. The molecule has 0 aliphatic carbocycles. The van der Waals surface area contributed by atoms with E-state index in [4.69, 9.17) is 0 Å². The van der Waals surface area contributed by atoms with Crippen LogP contribution >= 0.6 is 0 Å². The molecule has 1 unspecified atom stereocenters. The maximum Gasteiger partial charge on any atom is 0.241 e. The molecule has 0 heterocycles. The van der Waals surface area contributed by atoms with Crippen molar-refractivity contribution in [3.63, 3.8) is 0 Å². The number of carbonyl (C=O) groups is 1. The summed E-state index contributed by atoms with van der Waals surface area (Å²) < 4.78 is 27.9. The molecule has 0 saturated heterocycles. The second-order valence-electron chi connectivity index (χ2n) is 7.50. The van der Waals surface area contributed by atoms with E-state index in [2.05, 4.69) is 22.2 Å². The molecule has 2 aromatic carbocycles. The second-order valence-corrected chi connectivity index (χ2v) is 9.21. The first-order valence-corrected chi connectivity index (χ1v) is 11.2. The minimum absolute atomic E-state index is 0.170. The number of carbonyl (C=O) groups excluding carboxylic acids is 1. The molecular formula is C22H30N2O3S. The first kappa shape index (κ1) is 22.1. The predicted molar refractivity (Wildman–Crippen MR) is 113 cm³/mol. The van der Waals surface area contributed by atoms with Crippen LogP contribution in [-0.2, 0) is 21.2 Å². The Morgan fingerprint density at radius 3 is 2.25 bits per heavy atom. The molecule has 0 saturated carbocycles. The van der Waals surface area contributed by atoms with Crippen molar-refractivity contribution in [3.8, 4) is 0 Å². The smallest absolute Gasteiger partial charge is 0.241 e. The third-order valence-electron chi connectivity index (χ3n) is 4.44. The van der Waals surface area contributed by atoms with E-state index in [1.807, 2.05) is 39.0 Å². The normalized spacial score (nSPS) is 12.7. The number of amides is 1. The van der Waals surface area contributed by atoms with Crippen LogP contribution in [0.25, 0.3) is 0 Å². The number of sulfonamides is 1. The summed E-state index contributed by atoms with van der Waals surface area (Å²) in [6.45, 7) is 6.34. The quantitative estimate of drug-likeness (QED) is 0.598. The Morgan fingerprint density at radius 2 is 1.64 bits per heavy atom. The van der Waals surface area contributed by atoms with Crippen LogP contribution in [0.1, 0.15) is 37.8 Å². The van der Waals surface area contributed by atoms with Crippen LogP contribution in [0.4, 0.5) is 0 Å². The van der Waals surface area contributed by atoms with Crippen molar-refractivity contribution in [2.75, 3.05) is 6.54 Å². The van der Waals surface area contributed by atoms with Gasteiger partial charge >= 0.3 is 0 Å². The van der Waals surface area contributed by atoms with E-state index in [9.17, 15) is 13.2 Å². The topological polar surface area (TPSA) is 75.3 Å². The molecule has 152 valence electrons. The molecule has 0 spiro atoms. The average molecular weight is 403 g/mol. The van der Waals surface area contributed by atoms with E-state index >= 15 is 0 Å². The lowest BCUT2D eigenvalue weighted by molar-refractivity contribution is -0.123. The van der Waals surface area contributed by atoms with Crippen LogP contribution in [0.3, 0.4) is 0 Å². The maximum absolute atomic E-state index is 12.7. The number of aryl methyl sites for hydroxylation is 2. The van der Waals surface area contributed by atoms with Gasteiger partial charge < -0.3 is 5.32 Å². The lowest BCUT2D eigenvalue weighted by Crippen LogP contribution is -2.47. The number of hydrogen-bond donors (Lipinski definition) is 2. The predicted octanol–water partition coefficient (Wildman–Crippen LogP) is 3.44. The highest BCUT2D eigenvalue weighted by atomic mass is 32.2. The number of nitrogens with one attached hydrogen (secondary N) is 2. The Bertz CT molecular complexity index is 847. The monoisotopic (exact) mass is 402 g/mol. The first-order chi connectivity index (χ1) is 13.3. The lowest BCUT2D eigenvalue weighted by atomic mass is 10.0. The third kappa shape index (κ3) is 7.09. The average Bonchev–Trinajstić information content (AvgIpc) is 2.65. The number of hydrogen-bond acceptors (Lipinski definition) is 3. The lowest BCUT2D eigenvalue weighted by Gasteiger charge is -2.20. The molecule has 6 heteroatoms. The van der Waals surface area contributed by atoms with Crippen molar-refractivity contribution >= 4 is 15.9 Å². The molecule has 2 rings (SSSR count). The standard InChI is InChI=1S/C22H30N2O3S/c1-17(2)16-21(24-28(26,27)20-13-11-18(3)12-14-20)22(25)23-15-7-10-19-8-5-4-6-9-19/h4-6,8-9,11-14,17,21,24H,7,10,15-16H2,1-3H3,(H,23,25). The minimum atomic E-state index is -3.75. The van der Waals surface area contributed by atoms with Crippen LogP contribution in [0.15, 0.2) is 59.5 Å². The zero-order valence-corrected chi connectivity index (χ0v) is 17.6. The van der Waals surface area contributed by atoms with Gasteiger partial charge in [-0.1, -0.05) is 61.9 Å². The molecule has 0 aliphatic heterocycles. The molecule has 1 amide bonds. The SMILES string of the molecule is Cc1ccc(S(=O)(=O)NC(CC(C)C)C(=O)NCCCc2ccccc2)cc1. The molecule has 0 aromatic heterocycles. The summed E-state index contributed by atoms with van der Waals surface area (Å²) in [6.07, 6.45) is 2.11. The Hall–Kier alpha value is -2.18. The fraction of sp³-hybridized carbons (Fsp3) is 0.409. The van der Waals surface area contributed by atoms with Gasteiger partial charge in [0.15, 0.2) is 0 Å². The molecule has 1 atom stereocenters. The van der Waals surface area contributed by atoms with Crippen LogP contribution < -0.4 is 10.0 Å². The molecule has 2 aromatic rings. The third-order valence-corrected chi connectivity index (χ3v) is 5.92. The summed E-state index contributed by atoms with van der Waals surface area (Å²) in [7, 11) is -3.75. The summed E-state index contributed by atoms with van der Waals surface area (Å²) >= 11 is 0. The van der Waals surface area contributed by atoms with Crippen molar-refractivity contribution in [1.82, 2.24) is 10.0 Å². The van der Waals surface area contributed by atoms with E-state index in [1.165, 1.54) is 5.56 Å². The molecule has 0 fully saturated rings. The minimum Gasteiger partial charge on any atom is -0.355 e. The van der Waals surface area contributed by atoms with Crippen LogP contribution in [0, 0.1) is 12.8 Å². The van der Waals surface area contributed by atoms with Crippen LogP contribution in [-0.4, -0.2) is 26.9 Å². The molecule has 0 aliphatic rings. The Balaban J connectivity index is 1.95. The van der Waals surface area contributed by atoms with E-state index < -0.39 is 16.1 Å². The zero-order valence-electron chi connectivity index (χ0n) is 16.8. The van der Waals surface area contributed by atoms with Crippen LogP contribution in [0.5, 0.6) is 0 Å². The molecule has 28 heavy (non-hydrogen) atoms. The van der Waals surface area contributed by atoms with E-state index in [0.717, 1.165) is 18.4 Å². The van der Waals surface area contributed by atoms with Gasteiger partial charge in [-0.3, -0.25) is 4.79 Å².